The van der Waals surface area contributed by atoms with E-state index in [2.05, 4.69) is 0 Å². The Morgan fingerprint density at radius 3 is 2.50 bits per heavy atom. The van der Waals surface area contributed by atoms with Crippen molar-refractivity contribution in [3.05, 3.63) is 82.0 Å². The average molecular weight is 442 g/mol. The summed E-state index contributed by atoms with van der Waals surface area (Å²) in [6.07, 6.45) is 1.59. The molecule has 0 fully saturated rings. The van der Waals surface area contributed by atoms with Crippen LogP contribution in [-0.2, 0) is 21.2 Å². The number of benzene rings is 2. The minimum atomic E-state index is -3.74. The SMILES string of the molecule is O=C(OCC(=O)c1cccs1)c1ccc(S(=O)(=O)N2CCCc3ccccc32)cc1. The molecule has 6 nitrogen and oxygen atoms in total. The van der Waals surface area contributed by atoms with Crippen molar-refractivity contribution in [3.8, 4) is 0 Å². The van der Waals surface area contributed by atoms with E-state index >= 15 is 0 Å². The summed E-state index contributed by atoms with van der Waals surface area (Å²) in [6.45, 7) is 0.0535. The van der Waals surface area contributed by atoms with Gasteiger partial charge < -0.3 is 4.74 Å². The van der Waals surface area contributed by atoms with Crippen molar-refractivity contribution in [2.45, 2.75) is 17.7 Å². The normalized spacial score (nSPS) is 13.5. The van der Waals surface area contributed by atoms with Gasteiger partial charge in [0.2, 0.25) is 5.78 Å². The van der Waals surface area contributed by atoms with E-state index in [-0.39, 0.29) is 22.8 Å². The molecule has 2 heterocycles. The number of para-hydroxylation sites is 1. The summed E-state index contributed by atoms with van der Waals surface area (Å²) in [5.74, 6) is -0.950. The van der Waals surface area contributed by atoms with E-state index in [1.165, 1.54) is 39.9 Å². The van der Waals surface area contributed by atoms with Gasteiger partial charge in [0.1, 0.15) is 0 Å². The van der Waals surface area contributed by atoms with Gasteiger partial charge in [-0.25, -0.2) is 13.2 Å². The maximum absolute atomic E-state index is 13.1. The van der Waals surface area contributed by atoms with Crippen LogP contribution >= 0.6 is 11.3 Å². The van der Waals surface area contributed by atoms with Crippen LogP contribution in [0, 0.1) is 0 Å². The highest BCUT2D eigenvalue weighted by molar-refractivity contribution is 7.92. The second kappa shape index (κ2) is 8.41. The highest BCUT2D eigenvalue weighted by Crippen LogP contribution is 2.31. The number of fused-ring (bicyclic) bond motifs is 1. The largest absolute Gasteiger partial charge is 0.454 e. The predicted molar refractivity (Wildman–Crippen MR) is 115 cm³/mol. The van der Waals surface area contributed by atoms with Gasteiger partial charge in [0.15, 0.2) is 6.61 Å². The third-order valence-electron chi connectivity index (χ3n) is 4.88. The fourth-order valence-electron chi connectivity index (χ4n) is 3.36. The number of ketones is 1. The van der Waals surface area contributed by atoms with Gasteiger partial charge in [-0.1, -0.05) is 24.3 Å². The Kier molecular flexibility index (Phi) is 5.69. The second-order valence-corrected chi connectivity index (χ2v) is 9.62. The van der Waals surface area contributed by atoms with Gasteiger partial charge in [-0.05, 0) is 60.2 Å². The third kappa shape index (κ3) is 4.01. The number of Topliss-reactive ketones (excluding diaryl/α,β-unsaturated/α-hetero) is 1. The fourth-order valence-corrected chi connectivity index (χ4v) is 5.55. The van der Waals surface area contributed by atoms with E-state index in [1.54, 1.807) is 17.5 Å². The fraction of sp³-hybridized carbons (Fsp3) is 0.182. The lowest BCUT2D eigenvalue weighted by atomic mass is 10.0. The summed E-state index contributed by atoms with van der Waals surface area (Å²) >= 11 is 1.28. The molecule has 0 saturated heterocycles. The number of sulfonamides is 1. The lowest BCUT2D eigenvalue weighted by Crippen LogP contribution is -2.35. The number of thiophene rings is 1. The Balaban J connectivity index is 1.48. The molecule has 8 heteroatoms. The van der Waals surface area contributed by atoms with Gasteiger partial charge in [0.25, 0.3) is 10.0 Å². The molecule has 154 valence electrons. The number of carbonyl (C=O) groups is 2. The molecule has 3 aromatic rings. The number of anilines is 1. The summed E-state index contributed by atoms with van der Waals surface area (Å²) in [7, 11) is -3.74. The molecule has 0 N–H and O–H groups in total. The van der Waals surface area contributed by atoms with Crippen molar-refractivity contribution in [2.24, 2.45) is 0 Å². The molecule has 0 aliphatic carbocycles. The molecule has 0 saturated carbocycles. The number of esters is 1. The molecule has 0 bridgehead atoms. The molecular formula is C22H19NO5S2. The third-order valence-corrected chi connectivity index (χ3v) is 7.61. The van der Waals surface area contributed by atoms with Gasteiger partial charge >= 0.3 is 5.97 Å². The highest BCUT2D eigenvalue weighted by atomic mass is 32.2. The molecule has 0 atom stereocenters. The van der Waals surface area contributed by atoms with Crippen molar-refractivity contribution in [2.75, 3.05) is 17.5 Å². The Bertz CT molecular complexity index is 1170. The Morgan fingerprint density at radius 1 is 1.00 bits per heavy atom. The molecule has 1 aliphatic heterocycles. The molecular weight excluding hydrogens is 422 g/mol. The van der Waals surface area contributed by atoms with E-state index in [1.807, 2.05) is 24.3 Å². The number of rotatable bonds is 6. The van der Waals surface area contributed by atoms with Gasteiger partial charge in [-0.15, -0.1) is 11.3 Å². The number of nitrogens with zero attached hydrogens (tertiary/aromatic N) is 1. The number of aryl methyl sites for hydroxylation is 1. The Morgan fingerprint density at radius 2 is 1.77 bits per heavy atom. The summed E-state index contributed by atoms with van der Waals surface area (Å²) in [5.41, 5.74) is 1.88. The maximum Gasteiger partial charge on any atom is 0.338 e. The first kappa shape index (κ1) is 20.3. The quantitative estimate of drug-likeness (QED) is 0.428. The van der Waals surface area contributed by atoms with Crippen LogP contribution in [-0.4, -0.2) is 33.3 Å². The molecule has 0 unspecified atom stereocenters. The zero-order chi connectivity index (χ0) is 21.1. The number of hydrogen-bond donors (Lipinski definition) is 0. The molecule has 4 rings (SSSR count). The zero-order valence-corrected chi connectivity index (χ0v) is 17.6. The van der Waals surface area contributed by atoms with Crippen LogP contribution in [0.4, 0.5) is 5.69 Å². The molecule has 0 amide bonds. The summed E-state index contributed by atoms with van der Waals surface area (Å²) < 4.78 is 32.8. The van der Waals surface area contributed by atoms with Crippen LogP contribution in [0.1, 0.15) is 32.0 Å². The Hall–Kier alpha value is -2.97. The average Bonchev–Trinajstić information content (AvgIpc) is 3.32. The van der Waals surface area contributed by atoms with E-state index in [9.17, 15) is 18.0 Å². The molecule has 0 radical (unpaired) electrons. The monoisotopic (exact) mass is 441 g/mol. The van der Waals surface area contributed by atoms with E-state index in [0.29, 0.717) is 17.1 Å². The first-order valence-corrected chi connectivity index (χ1v) is 11.7. The van der Waals surface area contributed by atoms with Crippen molar-refractivity contribution in [3.63, 3.8) is 0 Å². The molecule has 1 aliphatic rings. The van der Waals surface area contributed by atoms with Crippen LogP contribution in [0.25, 0.3) is 0 Å². The lowest BCUT2D eigenvalue weighted by Gasteiger charge is -2.30. The standard InChI is InChI=1S/C22H19NO5S2/c24-20(21-8-4-14-29-21)15-28-22(25)17-9-11-18(12-10-17)30(26,27)23-13-3-6-16-5-1-2-7-19(16)23/h1-2,4-5,7-12,14H,3,6,13,15H2. The van der Waals surface area contributed by atoms with Crippen molar-refractivity contribution in [1.29, 1.82) is 0 Å². The Labute approximate surface area is 178 Å². The summed E-state index contributed by atoms with van der Waals surface area (Å²) in [5, 5.41) is 1.77. The van der Waals surface area contributed by atoms with E-state index in [4.69, 9.17) is 4.74 Å². The van der Waals surface area contributed by atoms with E-state index in [0.717, 1.165) is 18.4 Å². The van der Waals surface area contributed by atoms with E-state index < -0.39 is 16.0 Å². The summed E-state index contributed by atoms with van der Waals surface area (Å²) in [6, 6.07) is 16.5. The number of carbonyl (C=O) groups excluding carboxylic acids is 2. The smallest absolute Gasteiger partial charge is 0.338 e. The maximum atomic E-state index is 13.1. The highest BCUT2D eigenvalue weighted by Gasteiger charge is 2.29. The molecule has 0 spiro atoms. The van der Waals surface area contributed by atoms with Crippen LogP contribution in [0.2, 0.25) is 0 Å². The van der Waals surface area contributed by atoms with Crippen LogP contribution in [0.5, 0.6) is 0 Å². The van der Waals surface area contributed by atoms with Gasteiger partial charge in [-0.2, -0.15) is 0 Å². The second-order valence-electron chi connectivity index (χ2n) is 6.81. The minimum absolute atomic E-state index is 0.102. The molecule has 2 aromatic carbocycles. The molecule has 1 aromatic heterocycles. The molecule has 30 heavy (non-hydrogen) atoms. The first-order chi connectivity index (χ1) is 14.5. The minimum Gasteiger partial charge on any atom is -0.454 e. The first-order valence-electron chi connectivity index (χ1n) is 9.41. The van der Waals surface area contributed by atoms with Gasteiger partial charge in [-0.3, -0.25) is 9.10 Å². The number of hydrogen-bond acceptors (Lipinski definition) is 6. The number of ether oxygens (including phenoxy) is 1. The zero-order valence-electron chi connectivity index (χ0n) is 16.0. The summed E-state index contributed by atoms with van der Waals surface area (Å²) in [4.78, 5) is 24.8. The topological polar surface area (TPSA) is 80.8 Å². The van der Waals surface area contributed by atoms with Crippen LogP contribution in [0.15, 0.2) is 70.9 Å². The van der Waals surface area contributed by atoms with Gasteiger partial charge in [0, 0.05) is 6.54 Å². The van der Waals surface area contributed by atoms with Crippen molar-refractivity contribution >= 4 is 38.8 Å². The van der Waals surface area contributed by atoms with Crippen LogP contribution < -0.4 is 4.31 Å². The van der Waals surface area contributed by atoms with Gasteiger partial charge in [0.05, 0.1) is 21.0 Å². The van der Waals surface area contributed by atoms with Crippen molar-refractivity contribution in [1.82, 2.24) is 0 Å². The lowest BCUT2D eigenvalue weighted by molar-refractivity contribution is 0.0475. The van der Waals surface area contributed by atoms with Crippen molar-refractivity contribution < 1.29 is 22.7 Å². The van der Waals surface area contributed by atoms with Crippen LogP contribution in [0.3, 0.4) is 0 Å². The predicted octanol–water partition coefficient (Wildman–Crippen LogP) is 3.93.